The summed E-state index contributed by atoms with van der Waals surface area (Å²) in [6.07, 6.45) is 2.90. The SMILES string of the molecule is NC1CN(c2c(F)cc3cc4c(=O)c(C(=O)O)cn(C5CC5)c4nc3c2F)C1. The predicted molar refractivity (Wildman–Crippen MR) is 98.8 cm³/mol. The van der Waals surface area contributed by atoms with E-state index in [1.54, 1.807) is 4.57 Å². The molecule has 28 heavy (non-hydrogen) atoms. The summed E-state index contributed by atoms with van der Waals surface area (Å²) in [5.74, 6) is -2.92. The van der Waals surface area contributed by atoms with Crippen LogP contribution in [0.3, 0.4) is 0 Å². The topological polar surface area (TPSA) is 101 Å². The van der Waals surface area contributed by atoms with Crippen molar-refractivity contribution in [2.75, 3.05) is 18.0 Å². The fourth-order valence-corrected chi connectivity index (χ4v) is 3.76. The maximum atomic E-state index is 15.1. The first-order chi connectivity index (χ1) is 13.3. The molecular formula is C19H16F2N4O3. The van der Waals surface area contributed by atoms with Crippen LogP contribution in [0.1, 0.15) is 29.2 Å². The number of fused-ring (bicyclic) bond motifs is 2. The number of nitrogens with zero attached hydrogens (tertiary/aromatic N) is 3. The number of carbonyl (C=O) groups is 1. The molecule has 1 aliphatic carbocycles. The van der Waals surface area contributed by atoms with E-state index in [0.717, 1.165) is 18.9 Å². The molecular weight excluding hydrogens is 370 g/mol. The molecule has 3 aromatic rings. The standard InChI is InChI=1S/C19H16F2N4O3/c20-13-4-8-3-11-17(26)12(19(27)28)7-25(10-1-2-10)18(11)23-15(8)14(21)16(13)24-5-9(22)6-24/h3-4,7,9-10H,1-2,5-6,22H2,(H,27,28). The van der Waals surface area contributed by atoms with Crippen molar-refractivity contribution in [3.8, 4) is 0 Å². The molecule has 144 valence electrons. The second-order valence-corrected chi connectivity index (χ2v) is 7.43. The van der Waals surface area contributed by atoms with Gasteiger partial charge in [-0.1, -0.05) is 0 Å². The van der Waals surface area contributed by atoms with E-state index >= 15 is 4.39 Å². The zero-order chi connectivity index (χ0) is 19.7. The third-order valence-electron chi connectivity index (χ3n) is 5.35. The normalized spacial score (nSPS) is 17.3. The highest BCUT2D eigenvalue weighted by atomic mass is 19.1. The zero-order valence-corrected chi connectivity index (χ0v) is 14.7. The number of aromatic nitrogens is 2. The number of hydrogen-bond donors (Lipinski definition) is 2. The lowest BCUT2D eigenvalue weighted by Gasteiger charge is -2.39. The molecule has 2 aromatic heterocycles. The number of anilines is 1. The monoisotopic (exact) mass is 386 g/mol. The van der Waals surface area contributed by atoms with Gasteiger partial charge in [0.25, 0.3) is 0 Å². The van der Waals surface area contributed by atoms with E-state index in [1.165, 1.54) is 17.2 Å². The number of carboxylic acid groups (broad SMARTS) is 1. The van der Waals surface area contributed by atoms with Crippen LogP contribution in [0.2, 0.25) is 0 Å². The van der Waals surface area contributed by atoms with Crippen molar-refractivity contribution in [2.24, 2.45) is 5.73 Å². The fraction of sp³-hybridized carbons (Fsp3) is 0.316. The summed E-state index contributed by atoms with van der Waals surface area (Å²) in [4.78, 5) is 29.9. The molecule has 1 saturated heterocycles. The van der Waals surface area contributed by atoms with Gasteiger partial charge in [0.2, 0.25) is 5.43 Å². The minimum atomic E-state index is -1.34. The summed E-state index contributed by atoms with van der Waals surface area (Å²) in [7, 11) is 0. The summed E-state index contributed by atoms with van der Waals surface area (Å²) >= 11 is 0. The molecule has 5 rings (SSSR count). The summed E-state index contributed by atoms with van der Waals surface area (Å²) in [6.45, 7) is 0.698. The Morgan fingerprint density at radius 1 is 1.25 bits per heavy atom. The molecule has 1 aliphatic heterocycles. The summed E-state index contributed by atoms with van der Waals surface area (Å²) in [5, 5.41) is 9.48. The van der Waals surface area contributed by atoms with Crippen LogP contribution in [0.15, 0.2) is 23.1 Å². The summed E-state index contributed by atoms with van der Waals surface area (Å²) in [6, 6.07) is 2.33. The van der Waals surface area contributed by atoms with E-state index in [2.05, 4.69) is 4.98 Å². The molecule has 0 atom stereocenters. The summed E-state index contributed by atoms with van der Waals surface area (Å²) < 4.78 is 31.3. The molecule has 0 bridgehead atoms. The van der Waals surface area contributed by atoms with Crippen molar-refractivity contribution in [3.05, 3.63) is 45.8 Å². The van der Waals surface area contributed by atoms with E-state index < -0.39 is 23.0 Å². The number of hydrogen-bond acceptors (Lipinski definition) is 5. The number of nitrogens with two attached hydrogens (primary N) is 1. The number of aromatic carboxylic acids is 1. The van der Waals surface area contributed by atoms with Gasteiger partial charge in [0.1, 0.15) is 28.2 Å². The van der Waals surface area contributed by atoms with Crippen LogP contribution < -0.4 is 16.1 Å². The van der Waals surface area contributed by atoms with Crippen LogP contribution in [0, 0.1) is 11.6 Å². The molecule has 3 N–H and O–H groups in total. The maximum absolute atomic E-state index is 15.1. The van der Waals surface area contributed by atoms with Crippen molar-refractivity contribution in [2.45, 2.75) is 24.9 Å². The van der Waals surface area contributed by atoms with E-state index in [1.807, 2.05) is 0 Å². The number of rotatable bonds is 3. The van der Waals surface area contributed by atoms with Crippen molar-refractivity contribution < 1.29 is 18.7 Å². The first-order valence-electron chi connectivity index (χ1n) is 8.96. The van der Waals surface area contributed by atoms with Crippen molar-refractivity contribution in [1.82, 2.24) is 9.55 Å². The van der Waals surface area contributed by atoms with Crippen LogP contribution in [0.4, 0.5) is 14.5 Å². The number of halogens is 2. The van der Waals surface area contributed by atoms with Gasteiger partial charge < -0.3 is 20.3 Å². The third kappa shape index (κ3) is 2.39. The summed E-state index contributed by atoms with van der Waals surface area (Å²) in [5.41, 5.74) is 4.60. The highest BCUT2D eigenvalue weighted by Crippen LogP contribution is 2.38. The Balaban J connectivity index is 1.83. The predicted octanol–water partition coefficient (Wildman–Crippen LogP) is 2.01. The molecule has 9 heteroatoms. The minimum absolute atomic E-state index is 0.0162. The Bertz CT molecular complexity index is 1230. The van der Waals surface area contributed by atoms with Crippen LogP contribution >= 0.6 is 0 Å². The van der Waals surface area contributed by atoms with E-state index in [4.69, 9.17) is 5.73 Å². The number of carboxylic acids is 1. The fourth-order valence-electron chi connectivity index (χ4n) is 3.76. The van der Waals surface area contributed by atoms with Crippen molar-refractivity contribution in [1.29, 1.82) is 0 Å². The van der Waals surface area contributed by atoms with Gasteiger partial charge in [0.05, 0.1) is 5.39 Å². The Hall–Kier alpha value is -3.07. The first-order valence-corrected chi connectivity index (χ1v) is 8.96. The Kier molecular flexibility index (Phi) is 3.48. The van der Waals surface area contributed by atoms with Gasteiger partial charge in [-0.15, -0.1) is 0 Å². The third-order valence-corrected chi connectivity index (χ3v) is 5.35. The lowest BCUT2D eigenvalue weighted by molar-refractivity contribution is 0.0695. The molecule has 1 aromatic carbocycles. The van der Waals surface area contributed by atoms with E-state index in [0.29, 0.717) is 13.1 Å². The van der Waals surface area contributed by atoms with Gasteiger partial charge >= 0.3 is 5.97 Å². The molecule has 0 unspecified atom stereocenters. The maximum Gasteiger partial charge on any atom is 0.341 e. The molecule has 0 amide bonds. The Labute approximate surface area is 157 Å². The van der Waals surface area contributed by atoms with Crippen LogP contribution in [-0.2, 0) is 0 Å². The van der Waals surface area contributed by atoms with Gasteiger partial charge in [-0.25, -0.2) is 18.6 Å². The van der Waals surface area contributed by atoms with E-state index in [-0.39, 0.29) is 45.3 Å². The number of benzene rings is 1. The van der Waals surface area contributed by atoms with Crippen LogP contribution in [0.5, 0.6) is 0 Å². The van der Waals surface area contributed by atoms with E-state index in [9.17, 15) is 19.1 Å². The average molecular weight is 386 g/mol. The lowest BCUT2D eigenvalue weighted by Crippen LogP contribution is -2.56. The van der Waals surface area contributed by atoms with Gasteiger partial charge in [0, 0.05) is 36.8 Å². The van der Waals surface area contributed by atoms with Gasteiger partial charge in [-0.05, 0) is 25.0 Å². The Morgan fingerprint density at radius 2 is 1.96 bits per heavy atom. The molecule has 2 fully saturated rings. The molecule has 0 radical (unpaired) electrons. The highest BCUT2D eigenvalue weighted by Gasteiger charge is 2.31. The van der Waals surface area contributed by atoms with Crippen molar-refractivity contribution >= 4 is 33.6 Å². The van der Waals surface area contributed by atoms with Crippen LogP contribution in [0.25, 0.3) is 21.9 Å². The number of pyridine rings is 2. The van der Waals surface area contributed by atoms with Gasteiger partial charge in [0.15, 0.2) is 5.82 Å². The molecule has 2 aliphatic rings. The first kappa shape index (κ1) is 17.1. The average Bonchev–Trinajstić information content (AvgIpc) is 3.44. The van der Waals surface area contributed by atoms with Gasteiger partial charge in [-0.3, -0.25) is 4.79 Å². The second-order valence-electron chi connectivity index (χ2n) is 7.43. The highest BCUT2D eigenvalue weighted by molar-refractivity contribution is 5.97. The molecule has 1 saturated carbocycles. The smallest absolute Gasteiger partial charge is 0.341 e. The van der Waals surface area contributed by atoms with Crippen molar-refractivity contribution in [3.63, 3.8) is 0 Å². The Morgan fingerprint density at radius 3 is 2.57 bits per heavy atom. The molecule has 3 heterocycles. The van der Waals surface area contributed by atoms with Gasteiger partial charge in [-0.2, -0.15) is 0 Å². The quantitative estimate of drug-likeness (QED) is 0.668. The molecule has 7 nitrogen and oxygen atoms in total. The zero-order valence-electron chi connectivity index (χ0n) is 14.7. The lowest BCUT2D eigenvalue weighted by atomic mass is 10.1. The molecule has 0 spiro atoms. The minimum Gasteiger partial charge on any atom is -0.477 e. The second kappa shape index (κ2) is 5.71. The largest absolute Gasteiger partial charge is 0.477 e. The van der Waals surface area contributed by atoms with Crippen LogP contribution in [-0.4, -0.2) is 39.8 Å².